The molecule has 3 aromatic rings. The molecule has 4 heteroatoms. The number of hydrogen-bond acceptors (Lipinski definition) is 2. The number of anilines is 1. The van der Waals surface area contributed by atoms with E-state index in [-0.39, 0.29) is 5.91 Å². The zero-order valence-corrected chi connectivity index (χ0v) is 12.4. The SMILES string of the molecule is Cc1ccccc1C(=O)Nc1ccccc1Cn1cccn1. The van der Waals surface area contributed by atoms with E-state index in [1.54, 1.807) is 6.20 Å². The van der Waals surface area contributed by atoms with Crippen molar-refractivity contribution in [2.75, 3.05) is 5.32 Å². The maximum atomic E-state index is 12.5. The summed E-state index contributed by atoms with van der Waals surface area (Å²) in [5.41, 5.74) is 3.49. The summed E-state index contributed by atoms with van der Waals surface area (Å²) in [5.74, 6) is -0.0917. The lowest BCUT2D eigenvalue weighted by Gasteiger charge is -2.12. The summed E-state index contributed by atoms with van der Waals surface area (Å²) >= 11 is 0. The number of aromatic nitrogens is 2. The van der Waals surface area contributed by atoms with Crippen LogP contribution in [0.3, 0.4) is 0 Å². The Hall–Kier alpha value is -2.88. The fourth-order valence-corrected chi connectivity index (χ4v) is 2.37. The Kier molecular flexibility index (Phi) is 4.01. The van der Waals surface area contributed by atoms with Gasteiger partial charge in [0.25, 0.3) is 5.91 Å². The number of para-hydroxylation sites is 1. The number of nitrogens with one attached hydrogen (secondary N) is 1. The van der Waals surface area contributed by atoms with Crippen molar-refractivity contribution in [2.24, 2.45) is 0 Å². The van der Waals surface area contributed by atoms with Gasteiger partial charge in [0, 0.05) is 23.6 Å². The van der Waals surface area contributed by atoms with E-state index in [1.165, 1.54) is 0 Å². The predicted molar refractivity (Wildman–Crippen MR) is 86.9 cm³/mol. The Labute approximate surface area is 129 Å². The van der Waals surface area contributed by atoms with Crippen molar-refractivity contribution in [2.45, 2.75) is 13.5 Å². The topological polar surface area (TPSA) is 46.9 Å². The molecule has 0 unspecified atom stereocenters. The van der Waals surface area contributed by atoms with Gasteiger partial charge in [0.15, 0.2) is 0 Å². The second-order valence-electron chi connectivity index (χ2n) is 5.13. The molecule has 0 aliphatic heterocycles. The van der Waals surface area contributed by atoms with Crippen LogP contribution < -0.4 is 5.32 Å². The van der Waals surface area contributed by atoms with Crippen molar-refractivity contribution in [1.82, 2.24) is 9.78 Å². The van der Waals surface area contributed by atoms with Gasteiger partial charge in [-0.05, 0) is 36.2 Å². The van der Waals surface area contributed by atoms with Gasteiger partial charge in [-0.15, -0.1) is 0 Å². The first-order valence-electron chi connectivity index (χ1n) is 7.16. The molecule has 0 atom stereocenters. The molecule has 0 bridgehead atoms. The molecule has 1 amide bonds. The fraction of sp³-hybridized carbons (Fsp3) is 0.111. The lowest BCUT2D eigenvalue weighted by Crippen LogP contribution is -2.15. The summed E-state index contributed by atoms with van der Waals surface area (Å²) < 4.78 is 1.83. The molecule has 1 heterocycles. The van der Waals surface area contributed by atoms with E-state index in [0.29, 0.717) is 12.1 Å². The van der Waals surface area contributed by atoms with E-state index in [9.17, 15) is 4.79 Å². The highest BCUT2D eigenvalue weighted by atomic mass is 16.1. The molecule has 4 nitrogen and oxygen atoms in total. The molecule has 0 fully saturated rings. The Morgan fingerprint density at radius 1 is 1.09 bits per heavy atom. The second kappa shape index (κ2) is 6.26. The van der Waals surface area contributed by atoms with Crippen LogP contribution >= 0.6 is 0 Å². The van der Waals surface area contributed by atoms with Crippen LogP contribution in [-0.2, 0) is 6.54 Å². The van der Waals surface area contributed by atoms with Crippen LogP contribution in [0.4, 0.5) is 5.69 Å². The Bertz CT molecular complexity index is 779. The van der Waals surface area contributed by atoms with Crippen molar-refractivity contribution in [3.8, 4) is 0 Å². The summed E-state index contributed by atoms with van der Waals surface area (Å²) in [6, 6.07) is 17.2. The number of carbonyl (C=O) groups excluding carboxylic acids is 1. The molecule has 2 aromatic carbocycles. The highest BCUT2D eigenvalue weighted by molar-refractivity contribution is 6.05. The summed E-state index contributed by atoms with van der Waals surface area (Å²) in [4.78, 5) is 12.5. The minimum atomic E-state index is -0.0917. The lowest BCUT2D eigenvalue weighted by atomic mass is 10.1. The zero-order valence-electron chi connectivity index (χ0n) is 12.4. The van der Waals surface area contributed by atoms with Crippen LogP contribution in [0.2, 0.25) is 0 Å². The largest absolute Gasteiger partial charge is 0.322 e. The summed E-state index contributed by atoms with van der Waals surface area (Å²) in [6.45, 7) is 2.56. The minimum absolute atomic E-state index is 0.0917. The first kappa shape index (κ1) is 14.1. The van der Waals surface area contributed by atoms with Crippen LogP contribution in [0.5, 0.6) is 0 Å². The molecule has 0 saturated carbocycles. The van der Waals surface area contributed by atoms with Crippen LogP contribution in [0, 0.1) is 6.92 Å². The number of rotatable bonds is 4. The maximum Gasteiger partial charge on any atom is 0.255 e. The number of aryl methyl sites for hydroxylation is 1. The first-order chi connectivity index (χ1) is 10.7. The fourth-order valence-electron chi connectivity index (χ4n) is 2.37. The van der Waals surface area contributed by atoms with Crippen LogP contribution in [0.25, 0.3) is 0 Å². The maximum absolute atomic E-state index is 12.5. The molecular weight excluding hydrogens is 274 g/mol. The Morgan fingerprint density at radius 2 is 1.86 bits per heavy atom. The van der Waals surface area contributed by atoms with Gasteiger partial charge in [-0.2, -0.15) is 5.10 Å². The third kappa shape index (κ3) is 3.06. The molecule has 0 saturated heterocycles. The van der Waals surface area contributed by atoms with Crippen LogP contribution in [-0.4, -0.2) is 15.7 Å². The average Bonchev–Trinajstić information content (AvgIpc) is 3.02. The molecule has 0 aliphatic rings. The number of carbonyl (C=O) groups is 1. The van der Waals surface area contributed by atoms with Crippen LogP contribution in [0.15, 0.2) is 67.0 Å². The van der Waals surface area contributed by atoms with Crippen molar-refractivity contribution in [3.05, 3.63) is 83.7 Å². The van der Waals surface area contributed by atoms with Gasteiger partial charge >= 0.3 is 0 Å². The summed E-state index contributed by atoms with van der Waals surface area (Å²) in [5, 5.41) is 7.21. The molecule has 1 aromatic heterocycles. The number of hydrogen-bond donors (Lipinski definition) is 1. The van der Waals surface area contributed by atoms with Crippen molar-refractivity contribution < 1.29 is 4.79 Å². The number of amides is 1. The average molecular weight is 291 g/mol. The normalized spacial score (nSPS) is 10.4. The Morgan fingerprint density at radius 3 is 2.64 bits per heavy atom. The molecule has 3 rings (SSSR count). The number of benzene rings is 2. The second-order valence-corrected chi connectivity index (χ2v) is 5.13. The van der Waals surface area contributed by atoms with E-state index < -0.39 is 0 Å². The van der Waals surface area contributed by atoms with Gasteiger partial charge in [0.05, 0.1) is 6.54 Å². The quantitative estimate of drug-likeness (QED) is 0.800. The van der Waals surface area contributed by atoms with E-state index in [2.05, 4.69) is 10.4 Å². The summed E-state index contributed by atoms with van der Waals surface area (Å²) in [7, 11) is 0. The highest BCUT2D eigenvalue weighted by Crippen LogP contribution is 2.18. The third-order valence-corrected chi connectivity index (χ3v) is 3.55. The molecule has 0 radical (unpaired) electrons. The third-order valence-electron chi connectivity index (χ3n) is 3.55. The smallest absolute Gasteiger partial charge is 0.255 e. The summed E-state index contributed by atoms with van der Waals surface area (Å²) in [6.07, 6.45) is 3.65. The van der Waals surface area contributed by atoms with Crippen molar-refractivity contribution >= 4 is 11.6 Å². The van der Waals surface area contributed by atoms with E-state index in [0.717, 1.165) is 16.8 Å². The monoisotopic (exact) mass is 291 g/mol. The van der Waals surface area contributed by atoms with Crippen molar-refractivity contribution in [1.29, 1.82) is 0 Å². The highest BCUT2D eigenvalue weighted by Gasteiger charge is 2.11. The Balaban J connectivity index is 1.83. The van der Waals surface area contributed by atoms with Gasteiger partial charge in [0.1, 0.15) is 0 Å². The lowest BCUT2D eigenvalue weighted by molar-refractivity contribution is 0.102. The van der Waals surface area contributed by atoms with E-state index in [1.807, 2.05) is 72.4 Å². The molecule has 110 valence electrons. The minimum Gasteiger partial charge on any atom is -0.322 e. The van der Waals surface area contributed by atoms with E-state index >= 15 is 0 Å². The van der Waals surface area contributed by atoms with Gasteiger partial charge in [-0.3, -0.25) is 9.48 Å². The zero-order chi connectivity index (χ0) is 15.4. The molecule has 0 aliphatic carbocycles. The predicted octanol–water partition coefficient (Wildman–Crippen LogP) is 3.49. The van der Waals surface area contributed by atoms with Crippen molar-refractivity contribution in [3.63, 3.8) is 0 Å². The van der Waals surface area contributed by atoms with Gasteiger partial charge in [-0.25, -0.2) is 0 Å². The standard InChI is InChI=1S/C18H17N3O/c1-14-7-2-4-9-16(14)18(22)20-17-10-5-3-8-15(17)13-21-12-6-11-19-21/h2-12H,13H2,1H3,(H,20,22). The molecule has 22 heavy (non-hydrogen) atoms. The first-order valence-corrected chi connectivity index (χ1v) is 7.16. The van der Waals surface area contributed by atoms with E-state index in [4.69, 9.17) is 0 Å². The molecular formula is C18H17N3O. The number of nitrogens with zero attached hydrogens (tertiary/aromatic N) is 2. The van der Waals surface area contributed by atoms with Crippen LogP contribution in [0.1, 0.15) is 21.5 Å². The molecule has 1 N–H and O–H groups in total. The van der Waals surface area contributed by atoms with Gasteiger partial charge in [-0.1, -0.05) is 36.4 Å². The van der Waals surface area contributed by atoms with Gasteiger partial charge < -0.3 is 5.32 Å². The molecule has 0 spiro atoms. The van der Waals surface area contributed by atoms with Gasteiger partial charge in [0.2, 0.25) is 0 Å².